The Morgan fingerprint density at radius 2 is 1.86 bits per heavy atom. The highest BCUT2D eigenvalue weighted by Gasteiger charge is 2.50. The summed E-state index contributed by atoms with van der Waals surface area (Å²) in [5, 5.41) is 3.85. The minimum atomic E-state index is -0.00447. The van der Waals surface area contributed by atoms with Crippen LogP contribution in [0.5, 0.6) is 0 Å². The van der Waals surface area contributed by atoms with Crippen molar-refractivity contribution in [3.8, 4) is 0 Å². The SMILES string of the molecule is CCNC(C1CCCC(CC)C1)C1CC(C)(C)OC1(C)C. The van der Waals surface area contributed by atoms with Crippen LogP contribution in [-0.4, -0.2) is 23.8 Å². The second-order valence-electron chi connectivity index (χ2n) is 8.56. The topological polar surface area (TPSA) is 21.3 Å². The smallest absolute Gasteiger partial charge is 0.0677 e. The van der Waals surface area contributed by atoms with Gasteiger partial charge in [-0.3, -0.25) is 0 Å². The molecule has 1 aliphatic heterocycles. The van der Waals surface area contributed by atoms with Crippen molar-refractivity contribution in [3.05, 3.63) is 0 Å². The molecular formula is C19H37NO. The van der Waals surface area contributed by atoms with Crippen LogP contribution < -0.4 is 5.32 Å². The Morgan fingerprint density at radius 3 is 2.38 bits per heavy atom. The highest BCUT2D eigenvalue weighted by Crippen LogP contribution is 2.47. The molecule has 124 valence electrons. The third-order valence-electron chi connectivity index (χ3n) is 5.93. The number of hydrogen-bond donors (Lipinski definition) is 1. The van der Waals surface area contributed by atoms with Gasteiger partial charge in [0.2, 0.25) is 0 Å². The maximum atomic E-state index is 6.38. The van der Waals surface area contributed by atoms with E-state index in [0.29, 0.717) is 12.0 Å². The Morgan fingerprint density at radius 1 is 1.14 bits per heavy atom. The Hall–Kier alpha value is -0.0800. The summed E-state index contributed by atoms with van der Waals surface area (Å²) in [6, 6.07) is 0.626. The fourth-order valence-corrected chi connectivity index (χ4v) is 5.07. The van der Waals surface area contributed by atoms with Crippen molar-refractivity contribution in [3.63, 3.8) is 0 Å². The predicted molar refractivity (Wildman–Crippen MR) is 90.6 cm³/mol. The lowest BCUT2D eigenvalue weighted by atomic mass is 9.69. The molecule has 1 saturated heterocycles. The summed E-state index contributed by atoms with van der Waals surface area (Å²) in [7, 11) is 0. The lowest BCUT2D eigenvalue weighted by Gasteiger charge is -2.41. The Balaban J connectivity index is 2.14. The van der Waals surface area contributed by atoms with Gasteiger partial charge in [0.15, 0.2) is 0 Å². The molecule has 2 rings (SSSR count). The summed E-state index contributed by atoms with van der Waals surface area (Å²) >= 11 is 0. The van der Waals surface area contributed by atoms with Gasteiger partial charge in [0.05, 0.1) is 11.2 Å². The molecule has 0 spiro atoms. The first-order valence-corrected chi connectivity index (χ1v) is 9.22. The first-order valence-electron chi connectivity index (χ1n) is 9.22. The van der Waals surface area contributed by atoms with Gasteiger partial charge in [-0.1, -0.05) is 33.1 Å². The maximum Gasteiger partial charge on any atom is 0.0677 e. The molecule has 4 atom stereocenters. The lowest BCUT2D eigenvalue weighted by Crippen LogP contribution is -2.49. The molecule has 0 radical (unpaired) electrons. The molecule has 1 heterocycles. The first kappa shape index (κ1) is 17.3. The molecule has 21 heavy (non-hydrogen) atoms. The highest BCUT2D eigenvalue weighted by atomic mass is 16.5. The third-order valence-corrected chi connectivity index (χ3v) is 5.93. The quantitative estimate of drug-likeness (QED) is 0.788. The van der Waals surface area contributed by atoms with Crippen molar-refractivity contribution < 1.29 is 4.74 Å². The molecule has 0 amide bonds. The molecule has 0 bridgehead atoms. The molecule has 1 N–H and O–H groups in total. The van der Waals surface area contributed by atoms with Crippen LogP contribution in [0.25, 0.3) is 0 Å². The fourth-order valence-electron chi connectivity index (χ4n) is 5.07. The van der Waals surface area contributed by atoms with Gasteiger partial charge in [-0.15, -0.1) is 0 Å². The van der Waals surface area contributed by atoms with E-state index in [-0.39, 0.29) is 11.2 Å². The second-order valence-corrected chi connectivity index (χ2v) is 8.56. The van der Waals surface area contributed by atoms with E-state index in [1.807, 2.05) is 0 Å². The van der Waals surface area contributed by atoms with E-state index < -0.39 is 0 Å². The van der Waals surface area contributed by atoms with Gasteiger partial charge < -0.3 is 10.1 Å². The number of rotatable bonds is 5. The standard InChI is InChI=1S/C19H37NO/c1-7-14-10-9-11-15(12-14)17(20-8-2)16-13-18(3,4)21-19(16,5)6/h14-17,20H,7-13H2,1-6H3. The zero-order chi connectivity index (χ0) is 15.7. The van der Waals surface area contributed by atoms with E-state index in [1.54, 1.807) is 0 Å². The monoisotopic (exact) mass is 295 g/mol. The van der Waals surface area contributed by atoms with Crippen molar-refractivity contribution in [2.24, 2.45) is 17.8 Å². The summed E-state index contributed by atoms with van der Waals surface area (Å²) in [6.07, 6.45) is 8.23. The normalized spacial score (nSPS) is 36.6. The molecule has 2 fully saturated rings. The largest absolute Gasteiger partial charge is 0.369 e. The van der Waals surface area contributed by atoms with E-state index in [1.165, 1.54) is 38.5 Å². The van der Waals surface area contributed by atoms with Gasteiger partial charge >= 0.3 is 0 Å². The molecule has 2 aliphatic rings. The average molecular weight is 296 g/mol. The predicted octanol–water partition coefficient (Wildman–Crippen LogP) is 4.77. The first-order chi connectivity index (χ1) is 9.79. The van der Waals surface area contributed by atoms with Crippen molar-refractivity contribution in [1.29, 1.82) is 0 Å². The Labute approximate surface area is 132 Å². The van der Waals surface area contributed by atoms with E-state index >= 15 is 0 Å². The second kappa shape index (κ2) is 6.58. The van der Waals surface area contributed by atoms with Crippen molar-refractivity contribution in [1.82, 2.24) is 5.32 Å². The maximum absolute atomic E-state index is 6.38. The fraction of sp³-hybridized carbons (Fsp3) is 1.00. The molecule has 0 aromatic rings. The highest BCUT2D eigenvalue weighted by molar-refractivity contribution is 5.01. The zero-order valence-electron chi connectivity index (χ0n) is 15.2. The average Bonchev–Trinajstić information content (AvgIpc) is 2.63. The Bertz CT molecular complexity index is 336. The Kier molecular flexibility index (Phi) is 5.41. The summed E-state index contributed by atoms with van der Waals surface area (Å²) in [6.45, 7) is 14.8. The van der Waals surface area contributed by atoms with E-state index in [4.69, 9.17) is 4.74 Å². The zero-order valence-corrected chi connectivity index (χ0v) is 15.2. The van der Waals surface area contributed by atoms with E-state index in [0.717, 1.165) is 18.4 Å². The summed E-state index contributed by atoms with van der Waals surface area (Å²) in [5.74, 6) is 2.42. The summed E-state index contributed by atoms with van der Waals surface area (Å²) in [4.78, 5) is 0. The minimum absolute atomic E-state index is 0.00447. The van der Waals surface area contributed by atoms with Crippen molar-refractivity contribution >= 4 is 0 Å². The molecule has 0 aromatic carbocycles. The summed E-state index contributed by atoms with van der Waals surface area (Å²) in [5.41, 5.74) is 0.0240. The molecule has 2 heteroatoms. The molecule has 2 nitrogen and oxygen atoms in total. The van der Waals surface area contributed by atoms with Crippen LogP contribution in [-0.2, 0) is 4.74 Å². The minimum Gasteiger partial charge on any atom is -0.369 e. The molecule has 4 unspecified atom stereocenters. The van der Waals surface area contributed by atoms with Crippen LogP contribution >= 0.6 is 0 Å². The van der Waals surface area contributed by atoms with Crippen molar-refractivity contribution in [2.75, 3.05) is 6.54 Å². The van der Waals surface area contributed by atoms with Crippen LogP contribution in [0.4, 0.5) is 0 Å². The van der Waals surface area contributed by atoms with Gasteiger partial charge in [0.1, 0.15) is 0 Å². The number of hydrogen-bond acceptors (Lipinski definition) is 2. The molecule has 1 aliphatic carbocycles. The van der Waals surface area contributed by atoms with Gasteiger partial charge in [-0.05, 0) is 65.3 Å². The number of ether oxygens (including phenoxy) is 1. The molecule has 1 saturated carbocycles. The summed E-state index contributed by atoms with van der Waals surface area (Å²) < 4.78 is 6.38. The van der Waals surface area contributed by atoms with Gasteiger partial charge in [0.25, 0.3) is 0 Å². The van der Waals surface area contributed by atoms with Gasteiger partial charge in [-0.2, -0.15) is 0 Å². The van der Waals surface area contributed by atoms with Crippen LogP contribution in [0.3, 0.4) is 0 Å². The van der Waals surface area contributed by atoms with Crippen LogP contribution in [0.2, 0.25) is 0 Å². The number of nitrogens with one attached hydrogen (secondary N) is 1. The third kappa shape index (κ3) is 4.01. The van der Waals surface area contributed by atoms with Crippen LogP contribution in [0.15, 0.2) is 0 Å². The van der Waals surface area contributed by atoms with Crippen LogP contribution in [0, 0.1) is 17.8 Å². The van der Waals surface area contributed by atoms with Crippen molar-refractivity contribution in [2.45, 2.75) is 97.3 Å². The molecule has 0 aromatic heterocycles. The lowest BCUT2D eigenvalue weighted by molar-refractivity contribution is -0.0805. The van der Waals surface area contributed by atoms with Crippen LogP contribution in [0.1, 0.15) is 80.1 Å². The van der Waals surface area contributed by atoms with E-state index in [9.17, 15) is 0 Å². The van der Waals surface area contributed by atoms with Gasteiger partial charge in [0, 0.05) is 12.0 Å². The molecular weight excluding hydrogens is 258 g/mol. The van der Waals surface area contributed by atoms with Gasteiger partial charge in [-0.25, -0.2) is 0 Å². The van der Waals surface area contributed by atoms with E-state index in [2.05, 4.69) is 46.9 Å².